The molecule has 0 aliphatic rings. The number of esters is 1. The van der Waals surface area contributed by atoms with Crippen molar-refractivity contribution in [1.82, 2.24) is 0 Å². The van der Waals surface area contributed by atoms with Gasteiger partial charge in [-0.1, -0.05) is 26.7 Å². The lowest BCUT2D eigenvalue weighted by molar-refractivity contribution is -0.153. The Labute approximate surface area is 104 Å². The van der Waals surface area contributed by atoms with Crippen LogP contribution in [-0.4, -0.2) is 18.4 Å². The first-order chi connectivity index (χ1) is 7.61. The normalized spacial score (nSPS) is 11.4. The van der Waals surface area contributed by atoms with Gasteiger partial charge in [-0.05, 0) is 26.7 Å². The number of ketones is 1. The van der Waals surface area contributed by atoms with E-state index in [1.807, 2.05) is 20.8 Å². The molecule has 0 saturated heterocycles. The van der Waals surface area contributed by atoms with Crippen LogP contribution in [0.15, 0.2) is 0 Å². The summed E-state index contributed by atoms with van der Waals surface area (Å²) in [4.78, 5) is 23.1. The minimum absolute atomic E-state index is 0.114. The van der Waals surface area contributed by atoms with Gasteiger partial charge >= 0.3 is 5.97 Å². The lowest BCUT2D eigenvalue weighted by atomic mass is 9.88. The van der Waals surface area contributed by atoms with E-state index in [0.29, 0.717) is 13.0 Å². The van der Waals surface area contributed by atoms with Crippen LogP contribution in [0.4, 0.5) is 0 Å². The van der Waals surface area contributed by atoms with E-state index in [2.05, 4.69) is 11.8 Å². The van der Waals surface area contributed by atoms with Gasteiger partial charge in [-0.3, -0.25) is 9.59 Å². The molecule has 0 unspecified atom stereocenters. The Morgan fingerprint density at radius 3 is 2.06 bits per heavy atom. The van der Waals surface area contributed by atoms with Crippen molar-refractivity contribution in [2.24, 2.45) is 10.8 Å². The third-order valence-electron chi connectivity index (χ3n) is 2.24. The van der Waals surface area contributed by atoms with Crippen LogP contribution in [0.1, 0.15) is 48.0 Å². The molecule has 0 aromatic rings. The minimum Gasteiger partial charge on any atom is -0.466 e. The predicted octanol–water partition coefficient (Wildman–Crippen LogP) is 2.58. The summed E-state index contributed by atoms with van der Waals surface area (Å²) in [6, 6.07) is 0. The monoisotopic (exact) mass is 238 g/mol. The Bertz CT molecular complexity index is 348. The van der Waals surface area contributed by atoms with Crippen LogP contribution in [-0.2, 0) is 14.3 Å². The molecule has 0 bridgehead atoms. The van der Waals surface area contributed by atoms with E-state index in [0.717, 1.165) is 0 Å². The fourth-order valence-corrected chi connectivity index (χ4v) is 0.932. The van der Waals surface area contributed by atoms with E-state index in [4.69, 9.17) is 4.74 Å². The van der Waals surface area contributed by atoms with Gasteiger partial charge in [-0.2, -0.15) is 0 Å². The maximum atomic E-state index is 11.6. The number of ether oxygens (including phenoxy) is 1. The third-order valence-corrected chi connectivity index (χ3v) is 2.24. The number of hydrogen-bond acceptors (Lipinski definition) is 3. The largest absolute Gasteiger partial charge is 0.466 e. The van der Waals surface area contributed by atoms with Gasteiger partial charge in [0, 0.05) is 11.8 Å². The summed E-state index contributed by atoms with van der Waals surface area (Å²) < 4.78 is 4.94. The van der Waals surface area contributed by atoms with Gasteiger partial charge in [0.1, 0.15) is 0 Å². The van der Waals surface area contributed by atoms with Gasteiger partial charge < -0.3 is 4.74 Å². The van der Waals surface area contributed by atoms with Crippen LogP contribution in [0.3, 0.4) is 0 Å². The van der Waals surface area contributed by atoms with Crippen molar-refractivity contribution in [2.45, 2.75) is 48.0 Å². The predicted molar refractivity (Wildman–Crippen MR) is 67.3 cm³/mol. The average molecular weight is 238 g/mol. The van der Waals surface area contributed by atoms with Crippen LogP contribution in [0, 0.1) is 22.7 Å². The van der Waals surface area contributed by atoms with Gasteiger partial charge in [0.15, 0.2) is 0 Å². The molecule has 0 heterocycles. The summed E-state index contributed by atoms with van der Waals surface area (Å²) in [6.07, 6.45) is 0.327. The lowest BCUT2D eigenvalue weighted by Crippen LogP contribution is -2.26. The Hall–Kier alpha value is -1.30. The molecule has 0 N–H and O–H groups in total. The highest BCUT2D eigenvalue weighted by Gasteiger charge is 2.28. The summed E-state index contributed by atoms with van der Waals surface area (Å²) in [7, 11) is 0. The van der Waals surface area contributed by atoms with E-state index in [1.54, 1.807) is 20.8 Å². The van der Waals surface area contributed by atoms with Crippen LogP contribution in [0.2, 0.25) is 0 Å². The van der Waals surface area contributed by atoms with Crippen LogP contribution < -0.4 is 0 Å². The maximum absolute atomic E-state index is 11.6. The number of Topliss-reactive ketones (excluding diaryl/α,β-unsaturated/α-hetero) is 1. The summed E-state index contributed by atoms with van der Waals surface area (Å²) >= 11 is 0. The van der Waals surface area contributed by atoms with Crippen molar-refractivity contribution in [3.8, 4) is 11.8 Å². The SMILES string of the molecule is CCOC(=O)C(C)(C)CC#CC(=O)C(C)(C)C. The summed E-state index contributed by atoms with van der Waals surface area (Å²) in [5.41, 5.74) is -1.12. The maximum Gasteiger partial charge on any atom is 0.312 e. The van der Waals surface area contributed by atoms with Crippen molar-refractivity contribution in [3.63, 3.8) is 0 Å². The van der Waals surface area contributed by atoms with E-state index in [9.17, 15) is 9.59 Å². The van der Waals surface area contributed by atoms with Crippen molar-refractivity contribution >= 4 is 11.8 Å². The summed E-state index contributed by atoms with van der Waals surface area (Å²) in [5, 5.41) is 0. The molecule has 0 radical (unpaired) electrons. The second kappa shape index (κ2) is 5.86. The van der Waals surface area contributed by atoms with E-state index >= 15 is 0 Å². The first-order valence-electron chi connectivity index (χ1n) is 5.82. The van der Waals surface area contributed by atoms with Crippen molar-refractivity contribution < 1.29 is 14.3 Å². The summed E-state index contributed by atoms with van der Waals surface area (Å²) in [6.45, 7) is 11.1. The fourth-order valence-electron chi connectivity index (χ4n) is 0.932. The zero-order chi connectivity index (χ0) is 13.7. The fraction of sp³-hybridized carbons (Fsp3) is 0.714. The van der Waals surface area contributed by atoms with Crippen LogP contribution >= 0.6 is 0 Å². The first kappa shape index (κ1) is 15.7. The number of carbonyl (C=O) groups is 2. The molecule has 0 aliphatic carbocycles. The molecular formula is C14H22O3. The molecule has 0 atom stereocenters. The molecule has 3 nitrogen and oxygen atoms in total. The topological polar surface area (TPSA) is 43.4 Å². The quantitative estimate of drug-likeness (QED) is 0.431. The van der Waals surface area contributed by atoms with Crippen LogP contribution in [0.25, 0.3) is 0 Å². The van der Waals surface area contributed by atoms with Crippen LogP contribution in [0.5, 0.6) is 0 Å². The van der Waals surface area contributed by atoms with E-state index in [1.165, 1.54) is 0 Å². The van der Waals surface area contributed by atoms with Gasteiger partial charge in [0.25, 0.3) is 0 Å². The van der Waals surface area contributed by atoms with Gasteiger partial charge in [-0.15, -0.1) is 0 Å². The Morgan fingerprint density at radius 2 is 1.65 bits per heavy atom. The number of hydrogen-bond donors (Lipinski definition) is 0. The highest BCUT2D eigenvalue weighted by molar-refractivity contribution is 5.99. The lowest BCUT2D eigenvalue weighted by Gasteiger charge is -2.19. The zero-order valence-corrected chi connectivity index (χ0v) is 11.6. The molecule has 0 aliphatic heterocycles. The van der Waals surface area contributed by atoms with Gasteiger partial charge in [-0.25, -0.2) is 0 Å². The second-order valence-electron chi connectivity index (χ2n) is 5.66. The van der Waals surface area contributed by atoms with Gasteiger partial charge in [0.05, 0.1) is 12.0 Å². The van der Waals surface area contributed by atoms with E-state index < -0.39 is 10.8 Å². The molecule has 0 spiro atoms. The smallest absolute Gasteiger partial charge is 0.312 e. The molecule has 0 aromatic carbocycles. The molecule has 0 aromatic heterocycles. The Balaban J connectivity index is 4.52. The van der Waals surface area contributed by atoms with Crippen molar-refractivity contribution in [1.29, 1.82) is 0 Å². The number of carbonyl (C=O) groups excluding carboxylic acids is 2. The Kier molecular flexibility index (Phi) is 5.41. The number of rotatable bonds is 3. The van der Waals surface area contributed by atoms with Gasteiger partial charge in [0.2, 0.25) is 5.78 Å². The molecule has 0 amide bonds. The standard InChI is InChI=1S/C14H22O3/c1-7-17-12(16)14(5,6)10-8-9-11(15)13(2,3)4/h7,10H2,1-6H3. The summed E-state index contributed by atoms with van der Waals surface area (Å²) in [5.74, 6) is 4.96. The molecule has 0 rings (SSSR count). The third kappa shape index (κ3) is 5.53. The molecule has 0 saturated carbocycles. The second-order valence-corrected chi connectivity index (χ2v) is 5.66. The van der Waals surface area contributed by atoms with E-state index in [-0.39, 0.29) is 11.8 Å². The van der Waals surface area contributed by atoms with Crippen molar-refractivity contribution in [3.05, 3.63) is 0 Å². The first-order valence-corrected chi connectivity index (χ1v) is 5.82. The van der Waals surface area contributed by atoms with Crippen molar-refractivity contribution in [2.75, 3.05) is 6.61 Å². The molecular weight excluding hydrogens is 216 g/mol. The molecule has 96 valence electrons. The Morgan fingerprint density at radius 1 is 1.12 bits per heavy atom. The zero-order valence-electron chi connectivity index (χ0n) is 11.6. The molecule has 0 fully saturated rings. The highest BCUT2D eigenvalue weighted by atomic mass is 16.5. The molecule has 17 heavy (non-hydrogen) atoms. The average Bonchev–Trinajstić information content (AvgIpc) is 2.16. The highest BCUT2D eigenvalue weighted by Crippen LogP contribution is 2.21. The minimum atomic E-state index is -0.666. The molecule has 3 heteroatoms.